The number of carbonyl (C=O) groups is 1. The molecule has 9 heteroatoms. The number of amides is 1. The SMILES string of the molecule is Nc1cc(N2CCCC3(CCC(=O)N(CCc4cnc[nH]4)C3)C2)nc(N)n1. The summed E-state index contributed by atoms with van der Waals surface area (Å²) in [6, 6.07) is 1.78. The van der Waals surface area contributed by atoms with Gasteiger partial charge in [0.05, 0.1) is 6.33 Å². The number of aromatic amines is 1. The summed E-state index contributed by atoms with van der Waals surface area (Å²) in [5, 5.41) is 0. The van der Waals surface area contributed by atoms with E-state index in [2.05, 4.69) is 24.8 Å². The van der Waals surface area contributed by atoms with E-state index >= 15 is 0 Å². The third kappa shape index (κ3) is 3.81. The molecule has 0 saturated carbocycles. The summed E-state index contributed by atoms with van der Waals surface area (Å²) in [4.78, 5) is 32.2. The molecule has 4 rings (SSSR count). The Morgan fingerprint density at radius 1 is 1.22 bits per heavy atom. The fourth-order valence-electron chi connectivity index (χ4n) is 4.35. The van der Waals surface area contributed by atoms with Crippen molar-refractivity contribution in [2.45, 2.75) is 32.1 Å². The number of nitrogens with zero attached hydrogens (tertiary/aromatic N) is 5. The zero-order valence-corrected chi connectivity index (χ0v) is 15.4. The average molecular weight is 370 g/mol. The zero-order valence-electron chi connectivity index (χ0n) is 15.4. The van der Waals surface area contributed by atoms with Crippen LogP contribution in [0.15, 0.2) is 18.6 Å². The predicted molar refractivity (Wildman–Crippen MR) is 103 cm³/mol. The third-order valence-corrected chi connectivity index (χ3v) is 5.69. The van der Waals surface area contributed by atoms with Gasteiger partial charge in [-0.3, -0.25) is 4.79 Å². The minimum absolute atomic E-state index is 0.0919. The van der Waals surface area contributed by atoms with Gasteiger partial charge in [-0.25, -0.2) is 4.98 Å². The Hall–Kier alpha value is -2.84. The quantitative estimate of drug-likeness (QED) is 0.726. The number of nitrogens with two attached hydrogens (primary N) is 2. The van der Waals surface area contributed by atoms with E-state index in [0.717, 1.165) is 63.4 Å². The number of nitrogens with one attached hydrogen (secondary N) is 1. The Morgan fingerprint density at radius 3 is 2.89 bits per heavy atom. The van der Waals surface area contributed by atoms with E-state index in [9.17, 15) is 4.79 Å². The maximum Gasteiger partial charge on any atom is 0.223 e. The Bertz CT molecular complexity index is 787. The fraction of sp³-hybridized carbons (Fsp3) is 0.556. The molecule has 27 heavy (non-hydrogen) atoms. The Morgan fingerprint density at radius 2 is 2.11 bits per heavy atom. The van der Waals surface area contributed by atoms with Crippen LogP contribution >= 0.6 is 0 Å². The van der Waals surface area contributed by atoms with Crippen LogP contribution in [0.1, 0.15) is 31.4 Å². The van der Waals surface area contributed by atoms with Gasteiger partial charge in [0, 0.05) is 62.4 Å². The van der Waals surface area contributed by atoms with Crippen LogP contribution in [0.3, 0.4) is 0 Å². The maximum atomic E-state index is 12.5. The summed E-state index contributed by atoms with van der Waals surface area (Å²) in [5.41, 5.74) is 12.8. The van der Waals surface area contributed by atoms with E-state index in [4.69, 9.17) is 11.5 Å². The van der Waals surface area contributed by atoms with Crippen LogP contribution in [-0.4, -0.2) is 56.9 Å². The molecule has 2 saturated heterocycles. The molecule has 2 fully saturated rings. The molecule has 144 valence electrons. The van der Waals surface area contributed by atoms with Crippen LogP contribution in [0.25, 0.3) is 0 Å². The van der Waals surface area contributed by atoms with E-state index in [1.165, 1.54) is 0 Å². The molecule has 9 nitrogen and oxygen atoms in total. The number of likely N-dealkylation sites (tertiary alicyclic amines) is 1. The largest absolute Gasteiger partial charge is 0.383 e. The lowest BCUT2D eigenvalue weighted by atomic mass is 9.73. The van der Waals surface area contributed by atoms with Crippen LogP contribution in [0.4, 0.5) is 17.6 Å². The van der Waals surface area contributed by atoms with Crippen molar-refractivity contribution < 1.29 is 4.79 Å². The summed E-state index contributed by atoms with van der Waals surface area (Å²) in [6.07, 6.45) is 7.98. The van der Waals surface area contributed by atoms with E-state index in [1.54, 1.807) is 12.4 Å². The molecular formula is C18H26N8O. The number of rotatable bonds is 4. The van der Waals surface area contributed by atoms with Gasteiger partial charge in [0.25, 0.3) is 0 Å². The molecule has 1 spiro atoms. The normalized spacial score (nSPS) is 23.2. The van der Waals surface area contributed by atoms with Crippen LogP contribution in [0, 0.1) is 5.41 Å². The number of aromatic nitrogens is 4. The Kier molecular flexibility index (Phi) is 4.59. The van der Waals surface area contributed by atoms with Crippen LogP contribution < -0.4 is 16.4 Å². The van der Waals surface area contributed by atoms with Gasteiger partial charge >= 0.3 is 0 Å². The van der Waals surface area contributed by atoms with E-state index in [-0.39, 0.29) is 17.3 Å². The number of piperidine rings is 2. The maximum absolute atomic E-state index is 12.5. The molecule has 0 radical (unpaired) electrons. The highest BCUT2D eigenvalue weighted by Crippen LogP contribution is 2.40. The summed E-state index contributed by atoms with van der Waals surface area (Å²) in [5.74, 6) is 1.61. The van der Waals surface area contributed by atoms with Crippen molar-refractivity contribution in [3.63, 3.8) is 0 Å². The molecule has 1 atom stereocenters. The first-order valence-corrected chi connectivity index (χ1v) is 9.43. The molecule has 1 amide bonds. The van der Waals surface area contributed by atoms with Crippen LogP contribution in [-0.2, 0) is 11.2 Å². The van der Waals surface area contributed by atoms with E-state index < -0.39 is 0 Å². The number of anilines is 3. The highest BCUT2D eigenvalue weighted by atomic mass is 16.2. The standard InChI is InChI=1S/C18H26N8O/c19-14-8-15(24-17(20)23-14)25-6-1-4-18(10-25)5-2-16(27)26(11-18)7-3-13-9-21-12-22-13/h8-9,12H,1-7,10-11H2,(H,21,22)(H4,19,20,23,24). The van der Waals surface area contributed by atoms with Crippen molar-refractivity contribution in [3.8, 4) is 0 Å². The molecule has 2 aromatic rings. The van der Waals surface area contributed by atoms with Gasteiger partial charge in [-0.05, 0) is 19.3 Å². The monoisotopic (exact) mass is 370 g/mol. The van der Waals surface area contributed by atoms with Gasteiger partial charge < -0.3 is 26.3 Å². The summed E-state index contributed by atoms with van der Waals surface area (Å²) in [7, 11) is 0. The molecule has 2 aliphatic heterocycles. The summed E-state index contributed by atoms with van der Waals surface area (Å²) in [6.45, 7) is 3.28. The van der Waals surface area contributed by atoms with Gasteiger partial charge in [0.1, 0.15) is 11.6 Å². The molecule has 4 heterocycles. The van der Waals surface area contributed by atoms with Gasteiger partial charge in [0.15, 0.2) is 0 Å². The molecule has 2 aromatic heterocycles. The second-order valence-electron chi connectivity index (χ2n) is 7.68. The summed E-state index contributed by atoms with van der Waals surface area (Å²) >= 11 is 0. The second-order valence-corrected chi connectivity index (χ2v) is 7.68. The van der Waals surface area contributed by atoms with Crippen molar-refractivity contribution in [1.82, 2.24) is 24.8 Å². The number of imidazole rings is 1. The highest BCUT2D eigenvalue weighted by Gasteiger charge is 2.42. The predicted octanol–water partition coefficient (Wildman–Crippen LogP) is 0.816. The molecule has 0 bridgehead atoms. The molecule has 5 N–H and O–H groups in total. The number of H-pyrrole nitrogens is 1. The first-order chi connectivity index (χ1) is 13.0. The van der Waals surface area contributed by atoms with Gasteiger partial charge in [-0.1, -0.05) is 0 Å². The Balaban J connectivity index is 1.47. The lowest BCUT2D eigenvalue weighted by molar-refractivity contribution is -0.137. The van der Waals surface area contributed by atoms with Crippen molar-refractivity contribution in [2.75, 3.05) is 42.5 Å². The number of hydrogen-bond acceptors (Lipinski definition) is 7. The smallest absolute Gasteiger partial charge is 0.223 e. The molecule has 1 unspecified atom stereocenters. The number of carbonyl (C=O) groups excluding carboxylic acids is 1. The van der Waals surface area contributed by atoms with E-state index in [0.29, 0.717) is 12.2 Å². The summed E-state index contributed by atoms with van der Waals surface area (Å²) < 4.78 is 0. The number of nitrogen functional groups attached to an aromatic ring is 2. The minimum Gasteiger partial charge on any atom is -0.383 e. The lowest BCUT2D eigenvalue weighted by Crippen LogP contribution is -2.54. The fourth-order valence-corrected chi connectivity index (χ4v) is 4.35. The molecule has 0 aromatic carbocycles. The van der Waals surface area contributed by atoms with Crippen molar-refractivity contribution in [2.24, 2.45) is 5.41 Å². The third-order valence-electron chi connectivity index (χ3n) is 5.69. The minimum atomic E-state index is 0.0919. The van der Waals surface area contributed by atoms with Crippen molar-refractivity contribution in [3.05, 3.63) is 24.3 Å². The Labute approximate surface area is 158 Å². The van der Waals surface area contributed by atoms with Crippen molar-refractivity contribution in [1.29, 1.82) is 0 Å². The van der Waals surface area contributed by atoms with Crippen LogP contribution in [0.5, 0.6) is 0 Å². The number of hydrogen-bond donors (Lipinski definition) is 3. The van der Waals surface area contributed by atoms with Gasteiger partial charge in [-0.2, -0.15) is 9.97 Å². The topological polar surface area (TPSA) is 130 Å². The zero-order chi connectivity index (χ0) is 18.9. The van der Waals surface area contributed by atoms with Gasteiger partial charge in [0.2, 0.25) is 11.9 Å². The molecular weight excluding hydrogens is 344 g/mol. The highest BCUT2D eigenvalue weighted by molar-refractivity contribution is 5.77. The van der Waals surface area contributed by atoms with E-state index in [1.807, 2.05) is 11.1 Å². The molecule has 0 aliphatic carbocycles. The average Bonchev–Trinajstić information content (AvgIpc) is 3.16. The second kappa shape index (κ2) is 7.05. The molecule has 2 aliphatic rings. The first-order valence-electron chi connectivity index (χ1n) is 9.43. The van der Waals surface area contributed by atoms with Gasteiger partial charge in [-0.15, -0.1) is 0 Å². The van der Waals surface area contributed by atoms with Crippen LogP contribution in [0.2, 0.25) is 0 Å². The first kappa shape index (κ1) is 17.6. The lowest BCUT2D eigenvalue weighted by Gasteiger charge is -2.48. The van der Waals surface area contributed by atoms with Crippen molar-refractivity contribution >= 4 is 23.5 Å².